The van der Waals surface area contributed by atoms with Crippen molar-refractivity contribution in [2.24, 2.45) is 0 Å². The Morgan fingerprint density at radius 2 is 1.63 bits per heavy atom. The summed E-state index contributed by atoms with van der Waals surface area (Å²) in [5.41, 5.74) is 3.52. The summed E-state index contributed by atoms with van der Waals surface area (Å²) in [7, 11) is 0. The molecule has 0 saturated carbocycles. The molecule has 0 radical (unpaired) electrons. The number of halogens is 2. The fourth-order valence-electron chi connectivity index (χ4n) is 1.80. The van der Waals surface area contributed by atoms with Crippen LogP contribution >= 0.6 is 27.5 Å². The molecule has 0 bridgehead atoms. The number of rotatable bonds is 2. The average Bonchev–Trinajstić information content (AvgIpc) is 2.33. The van der Waals surface area contributed by atoms with E-state index in [-0.39, 0.29) is 5.41 Å². The van der Waals surface area contributed by atoms with Gasteiger partial charge in [-0.25, -0.2) is 0 Å². The van der Waals surface area contributed by atoms with E-state index in [1.807, 2.05) is 18.2 Å². The molecule has 0 aliphatic heterocycles. The molecule has 0 atom stereocenters. The molecule has 3 heteroatoms. The van der Waals surface area contributed by atoms with Crippen LogP contribution in [0, 0.1) is 0 Å². The van der Waals surface area contributed by atoms with Crippen LogP contribution in [0.5, 0.6) is 0 Å². The smallest absolute Gasteiger partial charge is 0.0543 e. The van der Waals surface area contributed by atoms with Crippen LogP contribution in [0.2, 0.25) is 5.02 Å². The Hall–Kier alpha value is -0.990. The van der Waals surface area contributed by atoms with Gasteiger partial charge in [-0.15, -0.1) is 0 Å². The molecule has 0 amide bonds. The highest BCUT2D eigenvalue weighted by Gasteiger charge is 2.12. The lowest BCUT2D eigenvalue weighted by Crippen LogP contribution is -2.10. The molecule has 0 aromatic heterocycles. The van der Waals surface area contributed by atoms with Crippen molar-refractivity contribution in [1.29, 1.82) is 0 Å². The molecule has 0 heterocycles. The fourth-order valence-corrected chi connectivity index (χ4v) is 2.32. The highest BCUT2D eigenvalue weighted by molar-refractivity contribution is 9.10. The van der Waals surface area contributed by atoms with Gasteiger partial charge in [0.1, 0.15) is 0 Å². The third-order valence-electron chi connectivity index (χ3n) is 2.96. The van der Waals surface area contributed by atoms with Crippen LogP contribution in [0.15, 0.2) is 46.9 Å². The Bertz CT molecular complexity index is 570. The molecule has 100 valence electrons. The molecule has 0 spiro atoms. The Kier molecular flexibility index (Phi) is 4.22. The molecule has 2 rings (SSSR count). The first-order valence-corrected chi connectivity index (χ1v) is 7.36. The number of benzene rings is 2. The van der Waals surface area contributed by atoms with E-state index in [1.165, 1.54) is 5.56 Å². The van der Waals surface area contributed by atoms with E-state index in [4.69, 9.17) is 11.6 Å². The molecule has 2 aromatic rings. The number of hydrogen-bond acceptors (Lipinski definition) is 1. The number of nitrogens with one attached hydrogen (secondary N) is 1. The standard InChI is InChI=1S/C16H17BrClN/c1-16(2,3)11-4-7-13(8-5-11)19-15-10-12(18)6-9-14(15)17/h4-10,19H,1-3H3. The van der Waals surface area contributed by atoms with Crippen LogP contribution < -0.4 is 5.32 Å². The maximum atomic E-state index is 6.01. The van der Waals surface area contributed by atoms with Crippen LogP contribution in [-0.4, -0.2) is 0 Å². The molecule has 1 N–H and O–H groups in total. The van der Waals surface area contributed by atoms with Crippen molar-refractivity contribution in [2.75, 3.05) is 5.32 Å². The minimum Gasteiger partial charge on any atom is -0.355 e. The summed E-state index contributed by atoms with van der Waals surface area (Å²) in [6.07, 6.45) is 0. The van der Waals surface area contributed by atoms with E-state index in [9.17, 15) is 0 Å². The first-order chi connectivity index (χ1) is 8.86. The highest BCUT2D eigenvalue weighted by Crippen LogP contribution is 2.30. The van der Waals surface area contributed by atoms with Crippen LogP contribution in [0.1, 0.15) is 26.3 Å². The minimum atomic E-state index is 0.176. The predicted octanol–water partition coefficient (Wildman–Crippen LogP) is 6.14. The van der Waals surface area contributed by atoms with Crippen LogP contribution in [-0.2, 0) is 5.41 Å². The van der Waals surface area contributed by atoms with Crippen LogP contribution in [0.25, 0.3) is 0 Å². The van der Waals surface area contributed by atoms with E-state index >= 15 is 0 Å². The second kappa shape index (κ2) is 5.56. The predicted molar refractivity (Wildman–Crippen MR) is 87.6 cm³/mol. The Labute approximate surface area is 128 Å². The molecule has 0 aliphatic rings. The molecule has 0 aliphatic carbocycles. The zero-order valence-electron chi connectivity index (χ0n) is 11.3. The zero-order chi connectivity index (χ0) is 14.0. The fraction of sp³-hybridized carbons (Fsp3) is 0.250. The second-order valence-electron chi connectivity index (χ2n) is 5.58. The lowest BCUT2D eigenvalue weighted by atomic mass is 9.87. The van der Waals surface area contributed by atoms with Crippen molar-refractivity contribution in [3.63, 3.8) is 0 Å². The zero-order valence-corrected chi connectivity index (χ0v) is 13.6. The van der Waals surface area contributed by atoms with Crippen LogP contribution in [0.4, 0.5) is 11.4 Å². The first kappa shape index (κ1) is 14.4. The molecule has 19 heavy (non-hydrogen) atoms. The number of anilines is 2. The van der Waals surface area contributed by atoms with E-state index < -0.39 is 0 Å². The summed E-state index contributed by atoms with van der Waals surface area (Å²) in [5, 5.41) is 4.08. The van der Waals surface area contributed by atoms with Gasteiger partial charge in [0.2, 0.25) is 0 Å². The van der Waals surface area contributed by atoms with Crippen molar-refractivity contribution < 1.29 is 0 Å². The Morgan fingerprint density at radius 1 is 1.00 bits per heavy atom. The van der Waals surface area contributed by atoms with Gasteiger partial charge in [0, 0.05) is 15.2 Å². The maximum Gasteiger partial charge on any atom is 0.0543 e. The van der Waals surface area contributed by atoms with Crippen LogP contribution in [0.3, 0.4) is 0 Å². The molecule has 1 nitrogen and oxygen atoms in total. The van der Waals surface area contributed by atoms with Gasteiger partial charge in [-0.2, -0.15) is 0 Å². The van der Waals surface area contributed by atoms with Crippen molar-refractivity contribution in [3.8, 4) is 0 Å². The van der Waals surface area contributed by atoms with Gasteiger partial charge in [-0.3, -0.25) is 0 Å². The van der Waals surface area contributed by atoms with Crippen molar-refractivity contribution in [3.05, 3.63) is 57.5 Å². The normalized spacial score (nSPS) is 11.4. The summed E-state index contributed by atoms with van der Waals surface area (Å²) >= 11 is 9.52. The van der Waals surface area contributed by atoms with Crippen molar-refractivity contribution >= 4 is 38.9 Å². The van der Waals surface area contributed by atoms with Crippen molar-refractivity contribution in [1.82, 2.24) is 0 Å². The quantitative estimate of drug-likeness (QED) is 0.693. The third kappa shape index (κ3) is 3.74. The second-order valence-corrected chi connectivity index (χ2v) is 6.87. The molecule has 2 aromatic carbocycles. The third-order valence-corrected chi connectivity index (χ3v) is 3.88. The minimum absolute atomic E-state index is 0.176. The van der Waals surface area contributed by atoms with E-state index in [0.717, 1.165) is 20.9 Å². The molecule has 0 saturated heterocycles. The van der Waals surface area contributed by atoms with Gasteiger partial charge in [0.15, 0.2) is 0 Å². The maximum absolute atomic E-state index is 6.01. The summed E-state index contributed by atoms with van der Waals surface area (Å²) in [5.74, 6) is 0. The van der Waals surface area contributed by atoms with Gasteiger partial charge >= 0.3 is 0 Å². The van der Waals surface area contributed by atoms with Gasteiger partial charge < -0.3 is 5.32 Å². The summed E-state index contributed by atoms with van der Waals surface area (Å²) in [4.78, 5) is 0. The Morgan fingerprint density at radius 3 is 2.21 bits per heavy atom. The van der Waals surface area contributed by atoms with Crippen molar-refractivity contribution in [2.45, 2.75) is 26.2 Å². The van der Waals surface area contributed by atoms with Gasteiger partial charge in [0.25, 0.3) is 0 Å². The first-order valence-electron chi connectivity index (χ1n) is 6.19. The van der Waals surface area contributed by atoms with E-state index in [0.29, 0.717) is 0 Å². The largest absolute Gasteiger partial charge is 0.355 e. The summed E-state index contributed by atoms with van der Waals surface area (Å²) in [6.45, 7) is 6.63. The molecular weight excluding hydrogens is 322 g/mol. The summed E-state index contributed by atoms with van der Waals surface area (Å²) in [6, 6.07) is 14.2. The molecular formula is C16H17BrClN. The lowest BCUT2D eigenvalue weighted by molar-refractivity contribution is 0.590. The highest BCUT2D eigenvalue weighted by atomic mass is 79.9. The lowest BCUT2D eigenvalue weighted by Gasteiger charge is -2.19. The average molecular weight is 339 g/mol. The monoisotopic (exact) mass is 337 g/mol. The van der Waals surface area contributed by atoms with E-state index in [2.05, 4.69) is 66.3 Å². The van der Waals surface area contributed by atoms with E-state index in [1.54, 1.807) is 0 Å². The molecule has 0 fully saturated rings. The Balaban J connectivity index is 2.22. The SMILES string of the molecule is CC(C)(C)c1ccc(Nc2cc(Cl)ccc2Br)cc1. The van der Waals surface area contributed by atoms with Gasteiger partial charge in [-0.05, 0) is 57.2 Å². The summed E-state index contributed by atoms with van der Waals surface area (Å²) < 4.78 is 0.997. The number of hydrogen-bond donors (Lipinski definition) is 1. The van der Waals surface area contributed by atoms with Gasteiger partial charge in [-0.1, -0.05) is 44.5 Å². The molecule has 0 unspecified atom stereocenters. The topological polar surface area (TPSA) is 12.0 Å². The van der Waals surface area contributed by atoms with Gasteiger partial charge in [0.05, 0.1) is 5.69 Å².